The first-order valence-electron chi connectivity index (χ1n) is 8.04. The highest BCUT2D eigenvalue weighted by Gasteiger charge is 2.19. The largest absolute Gasteiger partial charge is 0.497 e. The van der Waals surface area contributed by atoms with E-state index in [0.717, 1.165) is 11.3 Å². The van der Waals surface area contributed by atoms with Gasteiger partial charge >= 0.3 is 0 Å². The van der Waals surface area contributed by atoms with Crippen molar-refractivity contribution in [3.63, 3.8) is 0 Å². The van der Waals surface area contributed by atoms with Crippen LogP contribution in [0.25, 0.3) is 5.69 Å². The molecule has 3 rings (SSSR count). The van der Waals surface area contributed by atoms with Crippen molar-refractivity contribution in [1.29, 1.82) is 0 Å². The molecule has 1 heterocycles. The van der Waals surface area contributed by atoms with E-state index >= 15 is 0 Å². The van der Waals surface area contributed by atoms with Crippen LogP contribution in [0.4, 0.5) is 5.69 Å². The van der Waals surface area contributed by atoms with Crippen molar-refractivity contribution in [1.82, 2.24) is 20.2 Å². The molecule has 7 nitrogen and oxygen atoms in total. The second kappa shape index (κ2) is 8.01. The third kappa shape index (κ3) is 4.20. The Morgan fingerprint density at radius 3 is 2.73 bits per heavy atom. The second-order valence-electron chi connectivity index (χ2n) is 5.69. The van der Waals surface area contributed by atoms with Gasteiger partial charge in [0.05, 0.1) is 18.0 Å². The maximum absolute atomic E-state index is 12.5. The van der Waals surface area contributed by atoms with E-state index in [-0.39, 0.29) is 11.2 Å². The summed E-state index contributed by atoms with van der Waals surface area (Å²) in [6.07, 6.45) is 0. The molecule has 0 fully saturated rings. The molecule has 0 aliphatic heterocycles. The van der Waals surface area contributed by atoms with Crippen LogP contribution < -0.4 is 10.1 Å². The van der Waals surface area contributed by atoms with Crippen molar-refractivity contribution < 1.29 is 9.53 Å². The molecule has 0 saturated carbocycles. The molecule has 0 saturated heterocycles. The first kappa shape index (κ1) is 17.9. The predicted molar refractivity (Wildman–Crippen MR) is 101 cm³/mol. The van der Waals surface area contributed by atoms with Crippen LogP contribution in [0, 0.1) is 6.92 Å². The number of benzene rings is 2. The third-order valence-electron chi connectivity index (χ3n) is 3.71. The van der Waals surface area contributed by atoms with E-state index in [9.17, 15) is 4.79 Å². The Hall–Kier alpha value is -2.87. The van der Waals surface area contributed by atoms with Gasteiger partial charge in [-0.3, -0.25) is 4.79 Å². The number of tetrazole rings is 1. The molecule has 26 heavy (non-hydrogen) atoms. The number of methoxy groups -OCH3 is 1. The minimum Gasteiger partial charge on any atom is -0.497 e. The van der Waals surface area contributed by atoms with Gasteiger partial charge in [0, 0.05) is 11.8 Å². The van der Waals surface area contributed by atoms with E-state index in [4.69, 9.17) is 4.74 Å². The molecule has 134 valence electrons. The fourth-order valence-corrected chi connectivity index (χ4v) is 3.06. The summed E-state index contributed by atoms with van der Waals surface area (Å²) in [5.41, 5.74) is 2.69. The van der Waals surface area contributed by atoms with Crippen LogP contribution in [-0.4, -0.2) is 38.5 Å². The molecule has 0 radical (unpaired) electrons. The van der Waals surface area contributed by atoms with Crippen LogP contribution in [0.2, 0.25) is 0 Å². The quantitative estimate of drug-likeness (QED) is 0.673. The van der Waals surface area contributed by atoms with Crippen LogP contribution in [0.3, 0.4) is 0 Å². The highest BCUT2D eigenvalue weighted by molar-refractivity contribution is 8.00. The lowest BCUT2D eigenvalue weighted by Crippen LogP contribution is -2.22. The minimum atomic E-state index is -0.378. The van der Waals surface area contributed by atoms with Gasteiger partial charge < -0.3 is 10.1 Å². The first-order valence-corrected chi connectivity index (χ1v) is 8.92. The summed E-state index contributed by atoms with van der Waals surface area (Å²) >= 11 is 1.30. The van der Waals surface area contributed by atoms with Gasteiger partial charge in [-0.25, -0.2) is 0 Å². The Labute approximate surface area is 155 Å². The highest BCUT2D eigenvalue weighted by atomic mass is 32.2. The Kier molecular flexibility index (Phi) is 5.52. The monoisotopic (exact) mass is 369 g/mol. The average Bonchev–Trinajstić information content (AvgIpc) is 3.10. The summed E-state index contributed by atoms with van der Waals surface area (Å²) in [7, 11) is 1.59. The van der Waals surface area contributed by atoms with Gasteiger partial charge in [0.25, 0.3) is 0 Å². The topological polar surface area (TPSA) is 81.9 Å². The van der Waals surface area contributed by atoms with Gasteiger partial charge in [-0.05, 0) is 48.5 Å². The van der Waals surface area contributed by atoms with Gasteiger partial charge in [0.15, 0.2) is 0 Å². The fraction of sp³-hybridized carbons (Fsp3) is 0.222. The van der Waals surface area contributed by atoms with Crippen molar-refractivity contribution in [2.24, 2.45) is 0 Å². The van der Waals surface area contributed by atoms with Crippen LogP contribution in [0.15, 0.2) is 53.7 Å². The van der Waals surface area contributed by atoms with Crippen molar-refractivity contribution >= 4 is 23.4 Å². The molecule has 0 bridgehead atoms. The number of carbonyl (C=O) groups excluding carboxylic acids is 1. The smallest absolute Gasteiger partial charge is 0.237 e. The summed E-state index contributed by atoms with van der Waals surface area (Å²) < 4.78 is 6.79. The van der Waals surface area contributed by atoms with E-state index < -0.39 is 0 Å². The number of nitrogens with one attached hydrogen (secondary N) is 1. The predicted octanol–water partition coefficient (Wildman–Crippen LogP) is 3.10. The van der Waals surface area contributed by atoms with Gasteiger partial charge in [-0.15, -0.1) is 5.10 Å². The molecular weight excluding hydrogens is 350 g/mol. The number of thioether (sulfide) groups is 1. The number of anilines is 1. The van der Waals surface area contributed by atoms with Crippen molar-refractivity contribution in [2.45, 2.75) is 24.3 Å². The van der Waals surface area contributed by atoms with Crippen LogP contribution in [0.5, 0.6) is 5.75 Å². The number of aromatic nitrogens is 4. The number of nitrogens with zero attached hydrogens (tertiary/aromatic N) is 4. The summed E-state index contributed by atoms with van der Waals surface area (Å²) in [6, 6.07) is 15.1. The molecule has 1 aromatic heterocycles. The van der Waals surface area contributed by atoms with E-state index in [1.165, 1.54) is 11.8 Å². The number of hydrogen-bond donors (Lipinski definition) is 1. The van der Waals surface area contributed by atoms with Gasteiger partial charge in [0.2, 0.25) is 11.1 Å². The lowest BCUT2D eigenvalue weighted by Gasteiger charge is -2.12. The minimum absolute atomic E-state index is 0.137. The van der Waals surface area contributed by atoms with E-state index in [2.05, 4.69) is 20.8 Å². The summed E-state index contributed by atoms with van der Waals surface area (Å²) in [6.45, 7) is 3.83. The maximum Gasteiger partial charge on any atom is 0.237 e. The molecule has 1 unspecified atom stereocenters. The Morgan fingerprint density at radius 2 is 2.00 bits per heavy atom. The van der Waals surface area contributed by atoms with Crippen LogP contribution in [-0.2, 0) is 4.79 Å². The van der Waals surface area contributed by atoms with E-state index in [1.54, 1.807) is 17.9 Å². The van der Waals surface area contributed by atoms with Crippen LogP contribution >= 0.6 is 11.8 Å². The Morgan fingerprint density at radius 1 is 1.23 bits per heavy atom. The molecule has 0 spiro atoms. The lowest BCUT2D eigenvalue weighted by molar-refractivity contribution is -0.115. The molecule has 3 aromatic rings. The molecule has 1 amide bonds. The zero-order chi connectivity index (χ0) is 18.5. The zero-order valence-electron chi connectivity index (χ0n) is 14.7. The summed E-state index contributed by atoms with van der Waals surface area (Å²) in [5.74, 6) is 0.549. The number of amides is 1. The maximum atomic E-state index is 12.5. The lowest BCUT2D eigenvalue weighted by atomic mass is 10.2. The van der Waals surface area contributed by atoms with Gasteiger partial charge in [0.1, 0.15) is 5.75 Å². The van der Waals surface area contributed by atoms with Crippen molar-refractivity contribution in [2.75, 3.05) is 12.4 Å². The van der Waals surface area contributed by atoms with E-state index in [0.29, 0.717) is 16.6 Å². The molecule has 0 aliphatic rings. The first-order chi connectivity index (χ1) is 12.6. The van der Waals surface area contributed by atoms with Gasteiger partial charge in [-0.1, -0.05) is 35.5 Å². The molecular formula is C18H19N5O2S. The normalized spacial score (nSPS) is 11.8. The van der Waals surface area contributed by atoms with Crippen LogP contribution in [0.1, 0.15) is 12.5 Å². The summed E-state index contributed by atoms with van der Waals surface area (Å²) in [4.78, 5) is 12.5. The Bertz CT molecular complexity index is 895. The van der Waals surface area contributed by atoms with Gasteiger partial charge in [-0.2, -0.15) is 4.68 Å². The molecule has 1 N–H and O–H groups in total. The highest BCUT2D eigenvalue weighted by Crippen LogP contribution is 2.24. The number of ether oxygens (including phenoxy) is 1. The second-order valence-corrected chi connectivity index (χ2v) is 7.00. The fourth-order valence-electron chi connectivity index (χ4n) is 2.26. The molecule has 0 aliphatic carbocycles. The summed E-state index contributed by atoms with van der Waals surface area (Å²) in [5, 5.41) is 14.8. The third-order valence-corrected chi connectivity index (χ3v) is 4.74. The molecule has 1 atom stereocenters. The zero-order valence-corrected chi connectivity index (χ0v) is 15.5. The SMILES string of the molecule is COc1cccc(NC(=O)C(C)Sc2nnnn2-c2ccc(C)cc2)c1. The number of hydrogen-bond acceptors (Lipinski definition) is 6. The number of rotatable bonds is 6. The molecule has 8 heteroatoms. The standard InChI is InChI=1S/C18H19N5O2S/c1-12-7-9-15(10-8-12)23-18(20-21-22-23)26-13(2)17(24)19-14-5-4-6-16(11-14)25-3/h4-11,13H,1-3H3,(H,19,24). The Balaban J connectivity index is 1.70. The number of carbonyl (C=O) groups is 1. The number of aryl methyl sites for hydroxylation is 1. The van der Waals surface area contributed by atoms with E-state index in [1.807, 2.05) is 56.3 Å². The van der Waals surface area contributed by atoms with Crippen molar-refractivity contribution in [3.8, 4) is 11.4 Å². The van der Waals surface area contributed by atoms with Crippen molar-refractivity contribution in [3.05, 3.63) is 54.1 Å². The molecule has 2 aromatic carbocycles. The average molecular weight is 369 g/mol.